The average Bonchev–Trinajstić information content (AvgIpc) is 2.13. The standard InChI is InChI=1S/C13H18Cl2N2S/c1-8(13(2,3)4)17(12(16)18)11-6-9(14)5-10(15)7-11/h5-8H,1-4H3,(H2,16,18). The minimum atomic E-state index is 0.0260. The normalized spacial score (nSPS) is 13.2. The Morgan fingerprint density at radius 3 is 2.00 bits per heavy atom. The van der Waals surface area contributed by atoms with Crippen LogP contribution >= 0.6 is 35.4 Å². The quantitative estimate of drug-likeness (QED) is 0.817. The number of hydrogen-bond donors (Lipinski definition) is 1. The highest BCUT2D eigenvalue weighted by atomic mass is 35.5. The van der Waals surface area contributed by atoms with Gasteiger partial charge in [0.15, 0.2) is 5.11 Å². The molecule has 0 amide bonds. The second-order valence-corrected chi connectivity index (χ2v) is 6.67. The Hall–Kier alpha value is -0.510. The molecule has 0 radical (unpaired) electrons. The first-order valence-corrected chi connectivity index (χ1v) is 6.84. The van der Waals surface area contributed by atoms with Gasteiger partial charge in [-0.25, -0.2) is 0 Å². The number of hydrogen-bond acceptors (Lipinski definition) is 1. The lowest BCUT2D eigenvalue weighted by atomic mass is 9.87. The minimum absolute atomic E-state index is 0.0260. The SMILES string of the molecule is CC(N(C(N)=S)c1cc(Cl)cc(Cl)c1)C(C)(C)C. The molecule has 1 aromatic rings. The number of anilines is 1. The van der Waals surface area contributed by atoms with Crippen LogP contribution in [0.2, 0.25) is 10.0 Å². The van der Waals surface area contributed by atoms with E-state index in [0.717, 1.165) is 5.69 Å². The van der Waals surface area contributed by atoms with Crippen molar-refractivity contribution in [3.8, 4) is 0 Å². The number of benzene rings is 1. The number of rotatable bonds is 2. The van der Waals surface area contributed by atoms with E-state index in [1.807, 2.05) is 17.0 Å². The molecule has 0 heterocycles. The van der Waals surface area contributed by atoms with Crippen molar-refractivity contribution in [2.24, 2.45) is 11.1 Å². The second-order valence-electron chi connectivity index (χ2n) is 5.38. The predicted octanol–water partition coefficient (Wildman–Crippen LogP) is 4.48. The van der Waals surface area contributed by atoms with E-state index in [1.54, 1.807) is 6.07 Å². The predicted molar refractivity (Wildman–Crippen MR) is 84.6 cm³/mol. The van der Waals surface area contributed by atoms with Gasteiger partial charge < -0.3 is 10.6 Å². The van der Waals surface area contributed by atoms with Crippen molar-refractivity contribution in [2.75, 3.05) is 4.90 Å². The van der Waals surface area contributed by atoms with Crippen molar-refractivity contribution in [3.05, 3.63) is 28.2 Å². The summed E-state index contributed by atoms with van der Waals surface area (Å²) in [5.41, 5.74) is 6.69. The molecule has 18 heavy (non-hydrogen) atoms. The van der Waals surface area contributed by atoms with Crippen LogP contribution in [0.3, 0.4) is 0 Å². The molecular weight excluding hydrogens is 287 g/mol. The highest BCUT2D eigenvalue weighted by Crippen LogP contribution is 2.32. The molecule has 0 fully saturated rings. The van der Waals surface area contributed by atoms with Crippen LogP contribution in [0.25, 0.3) is 0 Å². The van der Waals surface area contributed by atoms with Gasteiger partial charge in [0.1, 0.15) is 0 Å². The third-order valence-electron chi connectivity index (χ3n) is 3.00. The molecule has 0 saturated heterocycles. The Balaban J connectivity index is 3.25. The van der Waals surface area contributed by atoms with Crippen LogP contribution < -0.4 is 10.6 Å². The summed E-state index contributed by atoms with van der Waals surface area (Å²) < 4.78 is 0. The molecule has 100 valence electrons. The second kappa shape index (κ2) is 5.64. The highest BCUT2D eigenvalue weighted by molar-refractivity contribution is 7.80. The molecule has 0 aliphatic rings. The van der Waals surface area contributed by atoms with Crippen molar-refractivity contribution >= 4 is 46.2 Å². The maximum absolute atomic E-state index is 6.02. The molecule has 0 aliphatic carbocycles. The molecule has 5 heteroatoms. The number of thiocarbonyl (C=S) groups is 1. The molecule has 1 atom stereocenters. The molecule has 0 aliphatic heterocycles. The molecule has 2 N–H and O–H groups in total. The summed E-state index contributed by atoms with van der Waals surface area (Å²) in [6.45, 7) is 8.48. The maximum Gasteiger partial charge on any atom is 0.171 e. The van der Waals surface area contributed by atoms with Crippen LogP contribution in [0, 0.1) is 5.41 Å². The van der Waals surface area contributed by atoms with E-state index in [4.69, 9.17) is 41.2 Å². The van der Waals surface area contributed by atoms with Gasteiger partial charge in [0, 0.05) is 21.8 Å². The summed E-state index contributed by atoms with van der Waals surface area (Å²) in [7, 11) is 0. The summed E-state index contributed by atoms with van der Waals surface area (Å²) in [6.07, 6.45) is 0. The van der Waals surface area contributed by atoms with Gasteiger partial charge >= 0.3 is 0 Å². The topological polar surface area (TPSA) is 29.3 Å². The number of nitrogens with zero attached hydrogens (tertiary/aromatic N) is 1. The molecule has 0 aromatic heterocycles. The van der Waals surface area contributed by atoms with Gasteiger partial charge in [-0.05, 0) is 42.8 Å². The van der Waals surface area contributed by atoms with E-state index in [1.165, 1.54) is 0 Å². The Morgan fingerprint density at radius 1 is 1.22 bits per heavy atom. The fourth-order valence-electron chi connectivity index (χ4n) is 1.61. The monoisotopic (exact) mass is 304 g/mol. The minimum Gasteiger partial charge on any atom is -0.376 e. The van der Waals surface area contributed by atoms with Crippen LogP contribution in [-0.2, 0) is 0 Å². The Kier molecular flexibility index (Phi) is 4.87. The zero-order valence-electron chi connectivity index (χ0n) is 11.0. The van der Waals surface area contributed by atoms with Gasteiger partial charge in [-0.3, -0.25) is 0 Å². The fourth-order valence-corrected chi connectivity index (χ4v) is 2.39. The molecular formula is C13H18Cl2N2S. The molecule has 1 rings (SSSR count). The Labute approximate surface area is 124 Å². The largest absolute Gasteiger partial charge is 0.376 e. The Morgan fingerprint density at radius 2 is 1.67 bits per heavy atom. The van der Waals surface area contributed by atoms with Gasteiger partial charge in [-0.15, -0.1) is 0 Å². The van der Waals surface area contributed by atoms with Crippen LogP contribution in [0.5, 0.6) is 0 Å². The first-order valence-electron chi connectivity index (χ1n) is 5.67. The third-order valence-corrected chi connectivity index (χ3v) is 3.64. The van der Waals surface area contributed by atoms with Crippen molar-refractivity contribution in [2.45, 2.75) is 33.7 Å². The molecule has 2 nitrogen and oxygen atoms in total. The summed E-state index contributed by atoms with van der Waals surface area (Å²) >= 11 is 17.2. The van der Waals surface area contributed by atoms with Crippen LogP contribution in [0.4, 0.5) is 5.69 Å². The van der Waals surface area contributed by atoms with Gasteiger partial charge in [-0.2, -0.15) is 0 Å². The summed E-state index contributed by atoms with van der Waals surface area (Å²) in [6, 6.07) is 5.44. The first kappa shape index (κ1) is 15.5. The third kappa shape index (κ3) is 3.74. The van der Waals surface area contributed by atoms with Crippen LogP contribution in [0.15, 0.2) is 18.2 Å². The zero-order chi connectivity index (χ0) is 14.1. The van der Waals surface area contributed by atoms with E-state index in [9.17, 15) is 0 Å². The van der Waals surface area contributed by atoms with Gasteiger partial charge in [-0.1, -0.05) is 44.0 Å². The lowest BCUT2D eigenvalue weighted by Crippen LogP contribution is -2.48. The molecule has 1 unspecified atom stereocenters. The molecule has 0 spiro atoms. The van der Waals surface area contributed by atoms with E-state index < -0.39 is 0 Å². The van der Waals surface area contributed by atoms with E-state index >= 15 is 0 Å². The maximum atomic E-state index is 6.02. The van der Waals surface area contributed by atoms with Gasteiger partial charge in [0.05, 0.1) is 0 Å². The smallest absolute Gasteiger partial charge is 0.171 e. The van der Waals surface area contributed by atoms with Crippen molar-refractivity contribution in [1.82, 2.24) is 0 Å². The van der Waals surface area contributed by atoms with Crippen LogP contribution in [-0.4, -0.2) is 11.2 Å². The number of halogens is 2. The zero-order valence-corrected chi connectivity index (χ0v) is 13.3. The first-order chi connectivity index (χ1) is 8.12. The highest BCUT2D eigenvalue weighted by Gasteiger charge is 2.28. The molecule has 0 saturated carbocycles. The summed E-state index contributed by atoms with van der Waals surface area (Å²) in [4.78, 5) is 1.88. The fraction of sp³-hybridized carbons (Fsp3) is 0.462. The summed E-state index contributed by atoms with van der Waals surface area (Å²) in [5, 5.41) is 1.45. The van der Waals surface area contributed by atoms with Crippen molar-refractivity contribution < 1.29 is 0 Å². The van der Waals surface area contributed by atoms with E-state index in [2.05, 4.69) is 27.7 Å². The van der Waals surface area contributed by atoms with Gasteiger partial charge in [0.2, 0.25) is 0 Å². The lowest BCUT2D eigenvalue weighted by molar-refractivity contribution is 0.340. The van der Waals surface area contributed by atoms with Gasteiger partial charge in [0.25, 0.3) is 0 Å². The van der Waals surface area contributed by atoms with Crippen LogP contribution in [0.1, 0.15) is 27.7 Å². The van der Waals surface area contributed by atoms with Crippen molar-refractivity contribution in [1.29, 1.82) is 0 Å². The summed E-state index contributed by atoms with van der Waals surface area (Å²) in [5.74, 6) is 0. The lowest BCUT2D eigenvalue weighted by Gasteiger charge is -2.38. The van der Waals surface area contributed by atoms with E-state index in [0.29, 0.717) is 15.2 Å². The van der Waals surface area contributed by atoms with E-state index in [-0.39, 0.29) is 11.5 Å². The molecule has 0 bridgehead atoms. The number of nitrogens with two attached hydrogens (primary N) is 1. The molecule has 1 aromatic carbocycles. The van der Waals surface area contributed by atoms with Crippen molar-refractivity contribution in [3.63, 3.8) is 0 Å². The average molecular weight is 305 g/mol. The Bertz CT molecular complexity index is 435.